The van der Waals surface area contributed by atoms with Gasteiger partial charge in [0.05, 0.1) is 0 Å². The first-order valence-electron chi connectivity index (χ1n) is 6.29. The summed E-state index contributed by atoms with van der Waals surface area (Å²) >= 11 is 6.07. The lowest BCUT2D eigenvalue weighted by molar-refractivity contribution is -0.106. The van der Waals surface area contributed by atoms with E-state index in [0.717, 1.165) is 24.2 Å². The molecule has 3 nitrogen and oxygen atoms in total. The van der Waals surface area contributed by atoms with Crippen LogP contribution in [0.4, 0.5) is 0 Å². The Bertz CT molecular complexity index is 386. The second-order valence-corrected chi connectivity index (χ2v) is 5.43. The zero-order chi connectivity index (χ0) is 14.8. The lowest BCUT2D eigenvalue weighted by atomic mass is 10.0. The fraction of sp³-hybridized carbons (Fsp3) is 0.500. The fourth-order valence-electron chi connectivity index (χ4n) is 1.59. The van der Waals surface area contributed by atoms with Crippen LogP contribution >= 0.6 is 20.8 Å². The van der Waals surface area contributed by atoms with Crippen LogP contribution in [-0.2, 0) is 11.2 Å². The molecule has 108 valence electrons. The molecule has 1 aromatic carbocycles. The minimum absolute atomic E-state index is 0.358. The van der Waals surface area contributed by atoms with Crippen LogP contribution in [0, 0.1) is 0 Å². The molecule has 0 bridgehead atoms. The molecule has 0 aliphatic heterocycles. The highest BCUT2D eigenvalue weighted by Crippen LogP contribution is 2.29. The Kier molecular flexibility index (Phi) is 10.1. The van der Waals surface area contributed by atoms with Crippen molar-refractivity contribution in [1.82, 2.24) is 5.06 Å². The van der Waals surface area contributed by atoms with Crippen molar-refractivity contribution in [3.63, 3.8) is 0 Å². The standard InChI is InChI=1S/C12H19ClNOP.C2H4O/c1-3-9-8-10(4-5-11(9)13)12(16)6-7-14(2)15;1-2-3/h4-5,8,12,15H,3,6-7,16H2,1-2H3;2H,1H3. The number of halogens is 1. The van der Waals surface area contributed by atoms with Crippen molar-refractivity contribution in [2.75, 3.05) is 13.6 Å². The minimum atomic E-state index is 0.358. The van der Waals surface area contributed by atoms with Gasteiger partial charge >= 0.3 is 0 Å². The third kappa shape index (κ3) is 7.64. The highest BCUT2D eigenvalue weighted by atomic mass is 35.5. The molecule has 19 heavy (non-hydrogen) atoms. The molecule has 0 aliphatic rings. The van der Waals surface area contributed by atoms with Gasteiger partial charge in [-0.1, -0.05) is 30.7 Å². The van der Waals surface area contributed by atoms with Crippen molar-refractivity contribution in [3.8, 4) is 0 Å². The number of carbonyl (C=O) groups is 1. The number of hydroxylamine groups is 2. The first kappa shape index (κ1) is 18.5. The summed E-state index contributed by atoms with van der Waals surface area (Å²) in [5.41, 5.74) is 2.80. The van der Waals surface area contributed by atoms with E-state index < -0.39 is 0 Å². The summed E-state index contributed by atoms with van der Waals surface area (Å²) in [5, 5.41) is 11.1. The number of hydrogen-bond donors (Lipinski definition) is 1. The van der Waals surface area contributed by atoms with Gasteiger partial charge in [-0.3, -0.25) is 0 Å². The van der Waals surface area contributed by atoms with Crippen molar-refractivity contribution in [2.45, 2.75) is 32.3 Å². The van der Waals surface area contributed by atoms with E-state index in [9.17, 15) is 0 Å². The molecule has 0 saturated heterocycles. The van der Waals surface area contributed by atoms with Crippen LogP contribution in [0.5, 0.6) is 0 Å². The van der Waals surface area contributed by atoms with E-state index in [-0.39, 0.29) is 0 Å². The molecule has 0 fully saturated rings. The Labute approximate surface area is 123 Å². The molecule has 0 amide bonds. The van der Waals surface area contributed by atoms with Gasteiger partial charge in [0.15, 0.2) is 0 Å². The Hall–Kier alpha value is -0.470. The first-order valence-corrected chi connectivity index (χ1v) is 7.34. The Morgan fingerprint density at radius 1 is 1.53 bits per heavy atom. The SMILES string of the molecule is CC=O.CCc1cc(C(P)CCN(C)O)ccc1Cl. The quantitative estimate of drug-likeness (QED) is 0.512. The average Bonchev–Trinajstić information content (AvgIpc) is 2.37. The molecule has 5 heteroatoms. The summed E-state index contributed by atoms with van der Waals surface area (Å²) in [4.78, 5) is 8.81. The third-order valence-electron chi connectivity index (χ3n) is 2.64. The summed E-state index contributed by atoms with van der Waals surface area (Å²) in [6.07, 6.45) is 2.60. The minimum Gasteiger partial charge on any atom is -0.314 e. The van der Waals surface area contributed by atoms with Crippen LogP contribution in [0.2, 0.25) is 5.02 Å². The van der Waals surface area contributed by atoms with Crippen molar-refractivity contribution in [2.24, 2.45) is 0 Å². The number of aryl methyl sites for hydroxylation is 1. The molecule has 1 N–H and O–H groups in total. The molecule has 0 spiro atoms. The molecule has 2 atom stereocenters. The highest BCUT2D eigenvalue weighted by molar-refractivity contribution is 7.17. The second-order valence-electron chi connectivity index (χ2n) is 4.22. The van der Waals surface area contributed by atoms with Crippen molar-refractivity contribution in [3.05, 3.63) is 34.3 Å². The maximum absolute atomic E-state index is 9.10. The van der Waals surface area contributed by atoms with E-state index in [1.165, 1.54) is 23.1 Å². The van der Waals surface area contributed by atoms with Gasteiger partial charge in [-0.15, -0.1) is 9.24 Å². The topological polar surface area (TPSA) is 40.5 Å². The predicted molar refractivity (Wildman–Crippen MR) is 84.1 cm³/mol. The fourth-order valence-corrected chi connectivity index (χ4v) is 2.20. The van der Waals surface area contributed by atoms with E-state index in [1.54, 1.807) is 7.05 Å². The van der Waals surface area contributed by atoms with Gasteiger partial charge < -0.3 is 10.0 Å². The number of carbonyl (C=O) groups excluding carboxylic acids is 1. The highest BCUT2D eigenvalue weighted by Gasteiger charge is 2.08. The number of rotatable bonds is 5. The van der Waals surface area contributed by atoms with Gasteiger partial charge in [0.1, 0.15) is 6.29 Å². The number of benzene rings is 1. The molecule has 2 unspecified atom stereocenters. The summed E-state index contributed by atoms with van der Waals surface area (Å²) < 4.78 is 0. The molecule has 0 aliphatic carbocycles. The summed E-state index contributed by atoms with van der Waals surface area (Å²) in [7, 11) is 4.48. The maximum Gasteiger partial charge on any atom is 0.116 e. The van der Waals surface area contributed by atoms with Crippen molar-refractivity contribution < 1.29 is 10.0 Å². The number of nitrogens with zero attached hydrogens (tertiary/aromatic N) is 1. The van der Waals surface area contributed by atoms with Crippen LogP contribution in [0.15, 0.2) is 18.2 Å². The number of hydrogen-bond acceptors (Lipinski definition) is 3. The van der Waals surface area contributed by atoms with Gasteiger partial charge in [-0.2, -0.15) is 5.06 Å². The smallest absolute Gasteiger partial charge is 0.116 e. The molecular weight excluding hydrogens is 281 g/mol. The van der Waals surface area contributed by atoms with Crippen LogP contribution < -0.4 is 0 Å². The molecule has 0 heterocycles. The van der Waals surface area contributed by atoms with E-state index >= 15 is 0 Å². The van der Waals surface area contributed by atoms with E-state index in [0.29, 0.717) is 12.2 Å². The van der Waals surface area contributed by atoms with Crippen LogP contribution in [-0.4, -0.2) is 30.1 Å². The van der Waals surface area contributed by atoms with Gasteiger partial charge in [0.2, 0.25) is 0 Å². The molecular formula is C14H23ClNO2P. The monoisotopic (exact) mass is 303 g/mol. The average molecular weight is 304 g/mol. The van der Waals surface area contributed by atoms with Crippen molar-refractivity contribution >= 4 is 27.1 Å². The lowest BCUT2D eigenvalue weighted by Gasteiger charge is -2.15. The Morgan fingerprint density at radius 3 is 2.58 bits per heavy atom. The van der Waals surface area contributed by atoms with Gasteiger partial charge in [0, 0.05) is 18.6 Å². The third-order valence-corrected chi connectivity index (χ3v) is 3.73. The lowest BCUT2D eigenvalue weighted by Crippen LogP contribution is -2.15. The maximum atomic E-state index is 9.10. The summed E-state index contributed by atoms with van der Waals surface area (Å²) in [6.45, 7) is 4.21. The zero-order valence-electron chi connectivity index (χ0n) is 11.8. The molecule has 0 aromatic heterocycles. The Balaban J connectivity index is 0.000000982. The summed E-state index contributed by atoms with van der Waals surface area (Å²) in [5.74, 6) is 0. The van der Waals surface area contributed by atoms with Crippen LogP contribution in [0.25, 0.3) is 0 Å². The van der Waals surface area contributed by atoms with Gasteiger partial charge in [-0.25, -0.2) is 0 Å². The van der Waals surface area contributed by atoms with E-state index in [4.69, 9.17) is 21.6 Å². The largest absolute Gasteiger partial charge is 0.314 e. The molecule has 0 saturated carbocycles. The molecule has 1 aromatic rings. The summed E-state index contributed by atoms with van der Waals surface area (Å²) in [6, 6.07) is 6.16. The van der Waals surface area contributed by atoms with Gasteiger partial charge in [-0.05, 0) is 42.6 Å². The van der Waals surface area contributed by atoms with Crippen LogP contribution in [0.1, 0.15) is 37.1 Å². The van der Waals surface area contributed by atoms with E-state index in [2.05, 4.69) is 28.3 Å². The molecule has 0 radical (unpaired) electrons. The van der Waals surface area contributed by atoms with Crippen LogP contribution in [0.3, 0.4) is 0 Å². The number of aldehydes is 1. The second kappa shape index (κ2) is 10.3. The zero-order valence-corrected chi connectivity index (χ0v) is 13.7. The Morgan fingerprint density at radius 2 is 2.11 bits per heavy atom. The predicted octanol–water partition coefficient (Wildman–Crippen LogP) is 3.73. The van der Waals surface area contributed by atoms with Crippen molar-refractivity contribution in [1.29, 1.82) is 0 Å². The normalized spacial score (nSPS) is 11.7. The van der Waals surface area contributed by atoms with E-state index in [1.807, 2.05) is 6.07 Å². The first-order chi connectivity index (χ1) is 8.96. The molecule has 1 rings (SSSR count). The van der Waals surface area contributed by atoms with Gasteiger partial charge in [0.25, 0.3) is 0 Å².